The van der Waals surface area contributed by atoms with E-state index < -0.39 is 0 Å². The van der Waals surface area contributed by atoms with E-state index in [-0.39, 0.29) is 0 Å². The van der Waals surface area contributed by atoms with Gasteiger partial charge in [-0.25, -0.2) is 0 Å². The van der Waals surface area contributed by atoms with E-state index in [1.807, 2.05) is 7.05 Å². The van der Waals surface area contributed by atoms with Gasteiger partial charge in [0, 0.05) is 32.1 Å². The van der Waals surface area contributed by atoms with Crippen LogP contribution in [0.5, 0.6) is 0 Å². The fourth-order valence-electron chi connectivity index (χ4n) is 4.64. The van der Waals surface area contributed by atoms with E-state index in [2.05, 4.69) is 46.4 Å². The first-order valence-corrected chi connectivity index (χ1v) is 9.18. The predicted octanol–water partition coefficient (Wildman–Crippen LogP) is 3.48. The summed E-state index contributed by atoms with van der Waals surface area (Å²) in [5, 5.41) is 3.70. The second-order valence-corrected chi connectivity index (χ2v) is 8.02. The van der Waals surface area contributed by atoms with Gasteiger partial charge >= 0.3 is 0 Å². The number of nitrogens with one attached hydrogen (secondary N) is 1. The Morgan fingerprint density at radius 1 is 1.17 bits per heavy atom. The van der Waals surface area contributed by atoms with Crippen LogP contribution < -0.4 is 5.32 Å². The van der Waals surface area contributed by atoms with Crippen molar-refractivity contribution in [1.82, 2.24) is 10.2 Å². The van der Waals surface area contributed by atoms with Gasteiger partial charge in [-0.05, 0) is 55.6 Å². The van der Waals surface area contributed by atoms with Gasteiger partial charge in [0.05, 0.1) is 0 Å². The maximum atomic E-state index is 4.57. The molecule has 1 heterocycles. The molecule has 0 aromatic heterocycles. The van der Waals surface area contributed by atoms with Crippen molar-refractivity contribution in [3.8, 4) is 0 Å². The molecule has 1 aromatic carbocycles. The zero-order chi connectivity index (χ0) is 15.9. The van der Waals surface area contributed by atoms with Gasteiger partial charge in [0.25, 0.3) is 0 Å². The Labute approximate surface area is 140 Å². The molecule has 23 heavy (non-hydrogen) atoms. The quantitative estimate of drug-likeness (QED) is 0.683. The van der Waals surface area contributed by atoms with Crippen LogP contribution in [-0.2, 0) is 5.41 Å². The van der Waals surface area contributed by atoms with Gasteiger partial charge in [0.1, 0.15) is 0 Å². The minimum absolute atomic E-state index is 0.342. The summed E-state index contributed by atoms with van der Waals surface area (Å²) >= 11 is 0. The molecule has 1 aliphatic heterocycles. The SMILES string of the molecule is CN=C(NCC1(c2ccccc2C)CC1)N1CCC2(CCC2)C1. The van der Waals surface area contributed by atoms with E-state index in [1.54, 1.807) is 0 Å². The number of nitrogens with zero attached hydrogens (tertiary/aromatic N) is 2. The normalized spacial score (nSPS) is 24.6. The third-order valence-electron chi connectivity index (χ3n) is 6.52. The topological polar surface area (TPSA) is 27.6 Å². The molecule has 1 saturated heterocycles. The molecule has 0 unspecified atom stereocenters. The maximum Gasteiger partial charge on any atom is 0.193 e. The van der Waals surface area contributed by atoms with Gasteiger partial charge in [-0.1, -0.05) is 30.7 Å². The highest BCUT2D eigenvalue weighted by molar-refractivity contribution is 5.80. The summed E-state index contributed by atoms with van der Waals surface area (Å²) in [4.78, 5) is 7.07. The molecule has 1 N–H and O–H groups in total. The first kappa shape index (κ1) is 15.0. The van der Waals surface area contributed by atoms with Crippen LogP contribution >= 0.6 is 0 Å². The highest BCUT2D eigenvalue weighted by atomic mass is 15.3. The molecule has 4 rings (SSSR count). The minimum Gasteiger partial charge on any atom is -0.355 e. The lowest BCUT2D eigenvalue weighted by Gasteiger charge is -2.38. The Balaban J connectivity index is 1.41. The van der Waals surface area contributed by atoms with E-state index in [0.29, 0.717) is 10.8 Å². The number of rotatable bonds is 3. The third-order valence-corrected chi connectivity index (χ3v) is 6.52. The zero-order valence-electron chi connectivity index (χ0n) is 14.6. The molecule has 0 amide bonds. The molecule has 0 radical (unpaired) electrons. The lowest BCUT2D eigenvalue weighted by atomic mass is 9.68. The number of hydrogen-bond donors (Lipinski definition) is 1. The summed E-state index contributed by atoms with van der Waals surface area (Å²) in [6.45, 7) is 5.65. The van der Waals surface area contributed by atoms with Crippen molar-refractivity contribution in [2.45, 2.75) is 50.9 Å². The van der Waals surface area contributed by atoms with Crippen LogP contribution in [0.4, 0.5) is 0 Å². The third kappa shape index (κ3) is 2.64. The number of hydrogen-bond acceptors (Lipinski definition) is 1. The van der Waals surface area contributed by atoms with E-state index in [1.165, 1.54) is 62.7 Å². The van der Waals surface area contributed by atoms with Crippen LogP contribution in [0.15, 0.2) is 29.3 Å². The summed E-state index contributed by atoms with van der Waals surface area (Å²) in [6.07, 6.45) is 8.23. The van der Waals surface area contributed by atoms with E-state index >= 15 is 0 Å². The summed E-state index contributed by atoms with van der Waals surface area (Å²) < 4.78 is 0. The Morgan fingerprint density at radius 3 is 2.52 bits per heavy atom. The Kier molecular flexibility index (Phi) is 3.62. The number of likely N-dealkylation sites (tertiary alicyclic amines) is 1. The largest absolute Gasteiger partial charge is 0.355 e. The molecule has 1 aromatic rings. The average molecular weight is 311 g/mol. The molecule has 1 spiro atoms. The fourth-order valence-corrected chi connectivity index (χ4v) is 4.64. The van der Waals surface area contributed by atoms with E-state index in [0.717, 1.165) is 12.5 Å². The van der Waals surface area contributed by atoms with Crippen molar-refractivity contribution >= 4 is 5.96 Å². The smallest absolute Gasteiger partial charge is 0.193 e. The highest BCUT2D eigenvalue weighted by Gasteiger charge is 2.46. The highest BCUT2D eigenvalue weighted by Crippen LogP contribution is 2.49. The van der Waals surface area contributed by atoms with Crippen molar-refractivity contribution in [3.05, 3.63) is 35.4 Å². The molecule has 3 aliphatic rings. The van der Waals surface area contributed by atoms with Crippen molar-refractivity contribution < 1.29 is 0 Å². The molecule has 0 bridgehead atoms. The van der Waals surface area contributed by atoms with Gasteiger partial charge in [-0.3, -0.25) is 4.99 Å². The van der Waals surface area contributed by atoms with Crippen LogP contribution in [0.3, 0.4) is 0 Å². The van der Waals surface area contributed by atoms with E-state index in [9.17, 15) is 0 Å². The molecular weight excluding hydrogens is 282 g/mol. The van der Waals surface area contributed by atoms with E-state index in [4.69, 9.17) is 0 Å². The van der Waals surface area contributed by atoms with Gasteiger partial charge in [-0.15, -0.1) is 0 Å². The van der Waals surface area contributed by atoms with Crippen LogP contribution in [0, 0.1) is 12.3 Å². The predicted molar refractivity (Wildman–Crippen MR) is 95.9 cm³/mol. The molecule has 0 atom stereocenters. The summed E-state index contributed by atoms with van der Waals surface area (Å²) in [6, 6.07) is 8.87. The lowest BCUT2D eigenvalue weighted by molar-refractivity contribution is 0.151. The van der Waals surface area contributed by atoms with Crippen molar-refractivity contribution in [1.29, 1.82) is 0 Å². The van der Waals surface area contributed by atoms with Gasteiger partial charge < -0.3 is 10.2 Å². The Bertz CT molecular complexity index is 611. The minimum atomic E-state index is 0.342. The summed E-state index contributed by atoms with van der Waals surface area (Å²) in [5.41, 5.74) is 3.93. The standard InChI is InChI=1S/C20H29N3/c1-16-6-3-4-7-17(16)20(10-11-20)14-22-18(21-2)23-13-12-19(15-23)8-5-9-19/h3-4,6-7H,5,8-15H2,1-2H3,(H,21,22). The monoisotopic (exact) mass is 311 g/mol. The first-order valence-electron chi connectivity index (χ1n) is 9.18. The van der Waals surface area contributed by atoms with Crippen molar-refractivity contribution in [3.63, 3.8) is 0 Å². The number of benzene rings is 1. The van der Waals surface area contributed by atoms with Gasteiger partial charge in [0.2, 0.25) is 0 Å². The number of aliphatic imine (C=N–C) groups is 1. The van der Waals surface area contributed by atoms with Crippen LogP contribution in [0.25, 0.3) is 0 Å². The summed E-state index contributed by atoms with van der Waals surface area (Å²) in [7, 11) is 1.93. The number of aryl methyl sites for hydroxylation is 1. The van der Waals surface area contributed by atoms with Crippen LogP contribution in [-0.4, -0.2) is 37.5 Å². The lowest BCUT2D eigenvalue weighted by Crippen LogP contribution is -2.44. The second kappa shape index (κ2) is 5.54. The molecular formula is C20H29N3. The second-order valence-electron chi connectivity index (χ2n) is 8.02. The van der Waals surface area contributed by atoms with Crippen molar-refractivity contribution in [2.75, 3.05) is 26.7 Å². The molecule has 3 heteroatoms. The maximum absolute atomic E-state index is 4.57. The molecule has 124 valence electrons. The molecule has 3 fully saturated rings. The van der Waals surface area contributed by atoms with Gasteiger partial charge in [0.15, 0.2) is 5.96 Å². The van der Waals surface area contributed by atoms with Crippen LogP contribution in [0.2, 0.25) is 0 Å². The Hall–Kier alpha value is -1.51. The Morgan fingerprint density at radius 2 is 1.96 bits per heavy atom. The molecule has 3 nitrogen and oxygen atoms in total. The molecule has 2 aliphatic carbocycles. The first-order chi connectivity index (χ1) is 11.2. The molecule has 2 saturated carbocycles. The van der Waals surface area contributed by atoms with Crippen molar-refractivity contribution in [2.24, 2.45) is 10.4 Å². The average Bonchev–Trinajstić information content (AvgIpc) is 3.16. The zero-order valence-corrected chi connectivity index (χ0v) is 14.6. The number of guanidine groups is 1. The van der Waals surface area contributed by atoms with Crippen LogP contribution in [0.1, 0.15) is 49.7 Å². The summed E-state index contributed by atoms with van der Waals surface area (Å²) in [5.74, 6) is 1.12. The van der Waals surface area contributed by atoms with Gasteiger partial charge in [-0.2, -0.15) is 0 Å². The fraction of sp³-hybridized carbons (Fsp3) is 0.650.